The second-order valence-electron chi connectivity index (χ2n) is 5.24. The Labute approximate surface area is 140 Å². The molecule has 3 nitrogen and oxygen atoms in total. The molecule has 0 saturated carbocycles. The van der Waals surface area contributed by atoms with E-state index >= 15 is 0 Å². The van der Waals surface area contributed by atoms with Crippen molar-refractivity contribution in [3.05, 3.63) is 38.6 Å². The van der Waals surface area contributed by atoms with Crippen LogP contribution in [0.1, 0.15) is 37.1 Å². The summed E-state index contributed by atoms with van der Waals surface area (Å²) in [5.41, 5.74) is 4.80. The van der Waals surface area contributed by atoms with Gasteiger partial charge in [0.2, 0.25) is 0 Å². The lowest BCUT2D eigenvalue weighted by Crippen LogP contribution is -2.08. The summed E-state index contributed by atoms with van der Waals surface area (Å²) in [6, 6.07) is 6.41. The molecule has 0 radical (unpaired) electrons. The highest BCUT2D eigenvalue weighted by atomic mass is 127. The van der Waals surface area contributed by atoms with Gasteiger partial charge in [-0.2, -0.15) is 0 Å². The van der Waals surface area contributed by atoms with Crippen LogP contribution >= 0.6 is 22.6 Å². The number of nitrogens with one attached hydrogen (secondary N) is 1. The first kappa shape index (κ1) is 16.2. The van der Waals surface area contributed by atoms with Gasteiger partial charge in [0.1, 0.15) is 5.82 Å². The molecule has 0 aliphatic rings. The van der Waals surface area contributed by atoms with Crippen LogP contribution in [0.3, 0.4) is 0 Å². The summed E-state index contributed by atoms with van der Waals surface area (Å²) in [5.74, 6) is 1.77. The molecule has 1 N–H and O–H groups in total. The standard InChI is InChI=1S/C17H22IN3/c1-5-7-14-15(18)17(19-6-2)21-16(20-14)13-9-8-11(3)12(4)10-13/h8-10H,5-7H2,1-4H3,(H,19,20,21). The Morgan fingerprint density at radius 2 is 1.86 bits per heavy atom. The van der Waals surface area contributed by atoms with Crippen LogP contribution in [-0.4, -0.2) is 16.5 Å². The monoisotopic (exact) mass is 395 g/mol. The quantitative estimate of drug-likeness (QED) is 0.743. The number of rotatable bonds is 5. The van der Waals surface area contributed by atoms with Crippen molar-refractivity contribution in [1.82, 2.24) is 9.97 Å². The van der Waals surface area contributed by atoms with Crippen molar-refractivity contribution in [2.45, 2.75) is 40.5 Å². The third kappa shape index (κ3) is 3.73. The van der Waals surface area contributed by atoms with Crippen molar-refractivity contribution in [2.24, 2.45) is 0 Å². The third-order valence-corrected chi connectivity index (χ3v) is 4.65. The Hall–Kier alpha value is -1.17. The predicted octanol–water partition coefficient (Wildman–Crippen LogP) is 4.75. The topological polar surface area (TPSA) is 37.8 Å². The maximum Gasteiger partial charge on any atom is 0.161 e. The van der Waals surface area contributed by atoms with Crippen LogP contribution in [0.5, 0.6) is 0 Å². The van der Waals surface area contributed by atoms with Gasteiger partial charge in [-0.05, 0) is 67.0 Å². The highest BCUT2D eigenvalue weighted by Gasteiger charge is 2.13. The fraction of sp³-hybridized carbons (Fsp3) is 0.412. The van der Waals surface area contributed by atoms with Crippen LogP contribution in [0.15, 0.2) is 18.2 Å². The second kappa shape index (κ2) is 7.20. The Kier molecular flexibility index (Phi) is 5.56. The molecule has 2 aromatic rings. The van der Waals surface area contributed by atoms with Crippen molar-refractivity contribution in [3.8, 4) is 11.4 Å². The van der Waals surface area contributed by atoms with Crippen LogP contribution in [0.4, 0.5) is 5.82 Å². The lowest BCUT2D eigenvalue weighted by Gasteiger charge is -2.12. The van der Waals surface area contributed by atoms with Gasteiger partial charge >= 0.3 is 0 Å². The van der Waals surface area contributed by atoms with E-state index < -0.39 is 0 Å². The molecule has 0 aliphatic carbocycles. The van der Waals surface area contributed by atoms with E-state index in [9.17, 15) is 0 Å². The molecule has 4 heteroatoms. The Balaban J connectivity index is 2.53. The molecule has 1 aromatic heterocycles. The van der Waals surface area contributed by atoms with Gasteiger partial charge in [0.05, 0.1) is 9.26 Å². The Morgan fingerprint density at radius 1 is 1.10 bits per heavy atom. The minimum absolute atomic E-state index is 0.818. The number of aromatic nitrogens is 2. The predicted molar refractivity (Wildman–Crippen MR) is 97.8 cm³/mol. The lowest BCUT2D eigenvalue weighted by molar-refractivity contribution is 0.867. The Bertz CT molecular complexity index is 611. The van der Waals surface area contributed by atoms with Gasteiger partial charge < -0.3 is 5.32 Å². The highest BCUT2D eigenvalue weighted by molar-refractivity contribution is 14.1. The number of hydrogen-bond donors (Lipinski definition) is 1. The van der Waals surface area contributed by atoms with Gasteiger partial charge in [-0.25, -0.2) is 9.97 Å². The summed E-state index contributed by atoms with van der Waals surface area (Å²) in [7, 11) is 0. The van der Waals surface area contributed by atoms with Crippen molar-refractivity contribution in [2.75, 3.05) is 11.9 Å². The summed E-state index contributed by atoms with van der Waals surface area (Å²) < 4.78 is 1.14. The molecular formula is C17H22IN3. The number of hydrogen-bond acceptors (Lipinski definition) is 3. The summed E-state index contributed by atoms with van der Waals surface area (Å²) in [6.07, 6.45) is 2.07. The maximum atomic E-state index is 4.79. The summed E-state index contributed by atoms with van der Waals surface area (Å²) in [5, 5.41) is 3.35. The number of nitrogens with zero attached hydrogens (tertiary/aromatic N) is 2. The van der Waals surface area contributed by atoms with Gasteiger partial charge in [-0.15, -0.1) is 0 Å². The van der Waals surface area contributed by atoms with E-state index in [1.165, 1.54) is 11.1 Å². The molecule has 0 amide bonds. The van der Waals surface area contributed by atoms with Crippen molar-refractivity contribution in [3.63, 3.8) is 0 Å². The average molecular weight is 395 g/mol. The molecule has 0 atom stereocenters. The molecule has 1 heterocycles. The minimum Gasteiger partial charge on any atom is -0.369 e. The van der Waals surface area contributed by atoms with Gasteiger partial charge in [0, 0.05) is 12.1 Å². The maximum absolute atomic E-state index is 4.79. The minimum atomic E-state index is 0.818. The van der Waals surface area contributed by atoms with Crippen LogP contribution in [0, 0.1) is 17.4 Å². The van der Waals surface area contributed by atoms with Crippen molar-refractivity contribution in [1.29, 1.82) is 0 Å². The molecule has 0 unspecified atom stereocenters. The fourth-order valence-electron chi connectivity index (χ4n) is 2.19. The average Bonchev–Trinajstić information content (AvgIpc) is 2.46. The van der Waals surface area contributed by atoms with E-state index in [0.717, 1.165) is 45.9 Å². The molecule has 0 spiro atoms. The van der Waals surface area contributed by atoms with Gasteiger partial charge in [0.25, 0.3) is 0 Å². The fourth-order valence-corrected chi connectivity index (χ4v) is 2.89. The zero-order valence-corrected chi connectivity index (χ0v) is 15.3. The van der Waals surface area contributed by atoms with Crippen LogP contribution in [0.25, 0.3) is 11.4 Å². The highest BCUT2D eigenvalue weighted by Crippen LogP contribution is 2.26. The molecule has 0 aliphatic heterocycles. The van der Waals surface area contributed by atoms with E-state index in [1.54, 1.807) is 0 Å². The smallest absolute Gasteiger partial charge is 0.161 e. The van der Waals surface area contributed by atoms with Crippen LogP contribution in [-0.2, 0) is 6.42 Å². The summed E-state index contributed by atoms with van der Waals surface area (Å²) >= 11 is 2.35. The van der Waals surface area contributed by atoms with Gasteiger partial charge in [0.15, 0.2) is 5.82 Å². The van der Waals surface area contributed by atoms with E-state index in [2.05, 4.69) is 73.8 Å². The number of aryl methyl sites for hydroxylation is 3. The van der Waals surface area contributed by atoms with Crippen LogP contribution < -0.4 is 5.32 Å². The van der Waals surface area contributed by atoms with Gasteiger partial charge in [-0.1, -0.05) is 25.5 Å². The first-order valence-electron chi connectivity index (χ1n) is 7.44. The number of benzene rings is 1. The first-order chi connectivity index (χ1) is 10.1. The zero-order chi connectivity index (χ0) is 15.4. The van der Waals surface area contributed by atoms with Gasteiger partial charge in [-0.3, -0.25) is 0 Å². The molecule has 112 valence electrons. The van der Waals surface area contributed by atoms with Crippen molar-refractivity contribution >= 4 is 28.4 Å². The SMILES string of the molecule is CCCc1nc(-c2ccc(C)c(C)c2)nc(NCC)c1I. The van der Waals surface area contributed by atoms with E-state index in [0.29, 0.717) is 0 Å². The normalized spacial score (nSPS) is 10.7. The largest absolute Gasteiger partial charge is 0.369 e. The molecule has 0 bridgehead atoms. The molecule has 0 saturated heterocycles. The second-order valence-corrected chi connectivity index (χ2v) is 6.31. The van der Waals surface area contributed by atoms with E-state index in [-0.39, 0.29) is 0 Å². The molecule has 1 aromatic carbocycles. The third-order valence-electron chi connectivity index (χ3n) is 3.52. The molecule has 2 rings (SSSR count). The van der Waals surface area contributed by atoms with E-state index in [1.807, 2.05) is 0 Å². The first-order valence-corrected chi connectivity index (χ1v) is 8.52. The lowest BCUT2D eigenvalue weighted by atomic mass is 10.1. The molecular weight excluding hydrogens is 373 g/mol. The zero-order valence-electron chi connectivity index (χ0n) is 13.1. The van der Waals surface area contributed by atoms with Crippen molar-refractivity contribution < 1.29 is 0 Å². The number of halogens is 1. The molecule has 21 heavy (non-hydrogen) atoms. The summed E-state index contributed by atoms with van der Waals surface area (Å²) in [4.78, 5) is 9.50. The molecule has 0 fully saturated rings. The Morgan fingerprint density at radius 3 is 2.48 bits per heavy atom. The summed E-state index contributed by atoms with van der Waals surface area (Å²) in [6.45, 7) is 9.39. The van der Waals surface area contributed by atoms with E-state index in [4.69, 9.17) is 9.97 Å². The number of anilines is 1. The van der Waals surface area contributed by atoms with Crippen LogP contribution in [0.2, 0.25) is 0 Å².